The fraction of sp³-hybridized carbons (Fsp3) is 0.913. The molecule has 2 aliphatic heterocycles. The van der Waals surface area contributed by atoms with E-state index in [-0.39, 0.29) is 112 Å². The molecule has 0 radical (unpaired) electrons. The van der Waals surface area contributed by atoms with Gasteiger partial charge >= 0.3 is 23.9 Å². The van der Waals surface area contributed by atoms with Crippen molar-refractivity contribution in [1.29, 1.82) is 0 Å². The lowest BCUT2D eigenvalue weighted by atomic mass is 9.79. The van der Waals surface area contributed by atoms with Gasteiger partial charge in [-0.25, -0.2) is 0 Å². The van der Waals surface area contributed by atoms with Crippen LogP contribution >= 0.6 is 0 Å². The molecule has 0 amide bonds. The van der Waals surface area contributed by atoms with Crippen molar-refractivity contribution in [2.45, 2.75) is 203 Å². The summed E-state index contributed by atoms with van der Waals surface area (Å²) < 4.78 is 0. The van der Waals surface area contributed by atoms with Crippen molar-refractivity contribution in [3.63, 3.8) is 0 Å². The van der Waals surface area contributed by atoms with Crippen molar-refractivity contribution in [2.24, 2.45) is 56.0 Å². The maximum atomic E-state index is 11.7. The Morgan fingerprint density at radius 3 is 0.986 bits per heavy atom. The maximum absolute atomic E-state index is 11.7. The summed E-state index contributed by atoms with van der Waals surface area (Å²) in [5.74, 6) is -6.42. The Bertz CT molecular complexity index is 1650. The van der Waals surface area contributed by atoms with Gasteiger partial charge in [0, 0.05) is 37.3 Å². The van der Waals surface area contributed by atoms with E-state index in [1.165, 1.54) is 0 Å². The lowest BCUT2D eigenvalue weighted by molar-refractivity contribution is -0.150. The van der Waals surface area contributed by atoms with Gasteiger partial charge in [-0.05, 0) is 115 Å². The van der Waals surface area contributed by atoms with Gasteiger partial charge in [0.15, 0.2) is 0 Å². The van der Waals surface area contributed by atoms with E-state index >= 15 is 0 Å². The molecular formula is C46H84N16O10. The van der Waals surface area contributed by atoms with E-state index in [1.807, 2.05) is 0 Å². The van der Waals surface area contributed by atoms with Crippen LogP contribution in [0.3, 0.4) is 0 Å². The molecule has 26 nitrogen and oxygen atoms in total. The maximum Gasteiger partial charge on any atom is 0.306 e. The molecule has 18 N–H and O–H groups in total. The molecule has 0 bridgehead atoms. The van der Waals surface area contributed by atoms with Gasteiger partial charge in [-0.15, -0.1) is 0 Å². The minimum Gasteiger partial charge on any atom is -0.481 e. The molecule has 72 heavy (non-hydrogen) atoms. The van der Waals surface area contributed by atoms with Crippen LogP contribution in [-0.2, 0) is 19.2 Å². The average molecular weight is 1020 g/mol. The number of carboxylic acid groups (broad SMARTS) is 4. The Morgan fingerprint density at radius 1 is 0.403 bits per heavy atom. The molecule has 0 spiro atoms. The van der Waals surface area contributed by atoms with Crippen LogP contribution in [0.5, 0.6) is 0 Å². The highest BCUT2D eigenvalue weighted by Crippen LogP contribution is 2.35. The van der Waals surface area contributed by atoms with Crippen molar-refractivity contribution in [2.75, 3.05) is 26.3 Å². The molecule has 16 atom stereocenters. The van der Waals surface area contributed by atoms with Crippen LogP contribution in [0.1, 0.15) is 117 Å². The summed E-state index contributed by atoms with van der Waals surface area (Å²) in [5, 5.41) is 119. The molecule has 2 heterocycles. The highest BCUT2D eigenvalue weighted by atomic mass is 16.4. The quantitative estimate of drug-likeness (QED) is 0.0579. The van der Waals surface area contributed by atoms with Crippen LogP contribution in [0.2, 0.25) is 0 Å². The molecule has 5 aliphatic carbocycles. The first kappa shape index (κ1) is 56.3. The van der Waals surface area contributed by atoms with E-state index in [0.717, 1.165) is 64.2 Å². The lowest BCUT2D eigenvalue weighted by Crippen LogP contribution is -2.79. The second-order valence-corrected chi connectivity index (χ2v) is 21.6. The molecule has 5 saturated carbocycles. The van der Waals surface area contributed by atoms with E-state index in [4.69, 9.17) is 0 Å². The number of carbonyl (C=O) groups is 4. The Balaban J connectivity index is 0.847. The van der Waals surface area contributed by atoms with Crippen molar-refractivity contribution in [3.05, 3.63) is 0 Å². The number of aliphatic carboxylic acids is 4. The van der Waals surface area contributed by atoms with Crippen LogP contribution in [0.4, 0.5) is 0 Å². The second kappa shape index (κ2) is 27.3. The van der Waals surface area contributed by atoms with E-state index in [9.17, 15) is 49.8 Å². The zero-order valence-electron chi connectivity index (χ0n) is 41.8. The van der Waals surface area contributed by atoms with Crippen LogP contribution in [0, 0.1) is 35.5 Å². The van der Waals surface area contributed by atoms with Gasteiger partial charge in [-0.1, -0.05) is 13.8 Å². The topological polar surface area (TPSA) is 383 Å². The summed E-state index contributed by atoms with van der Waals surface area (Å²) in [5.41, 5.74) is 0. The molecule has 7 fully saturated rings. The summed E-state index contributed by atoms with van der Waals surface area (Å²) in [7, 11) is 0. The Kier molecular flexibility index (Phi) is 21.4. The van der Waals surface area contributed by atoms with Crippen molar-refractivity contribution in [1.82, 2.24) is 63.8 Å². The third kappa shape index (κ3) is 16.8. The SMILES string of the molecule is CC1CC(NC2NC(NCCO)NC(NC3CCC(NC4NC(NCCO)NC(NC5CCC(N=NC6CC(C(=O)O)CC(C(=O)O)C6)C(C)C5)N4)CC3)N2)CCC1N=NC1CC(C(=O)O)CC(C(=O)O)C1. The predicted molar refractivity (Wildman–Crippen MR) is 261 cm³/mol. The predicted octanol–water partition coefficient (Wildman–Crippen LogP) is -0.987. The molecule has 0 aromatic heterocycles. The molecule has 7 rings (SSSR count). The molecule has 2 saturated heterocycles. The molecule has 16 unspecified atom stereocenters. The summed E-state index contributed by atoms with van der Waals surface area (Å²) in [6.45, 7) is 5.11. The minimum absolute atomic E-state index is 0.00442. The second-order valence-electron chi connectivity index (χ2n) is 21.6. The number of carboxylic acids is 4. The Labute approximate surface area is 421 Å². The van der Waals surface area contributed by atoms with Crippen LogP contribution < -0.4 is 63.8 Å². The van der Waals surface area contributed by atoms with Gasteiger partial charge in [-0.3, -0.25) is 83.0 Å². The van der Waals surface area contributed by atoms with E-state index < -0.39 is 59.6 Å². The third-order valence-corrected chi connectivity index (χ3v) is 16.0. The molecule has 408 valence electrons. The highest BCUT2D eigenvalue weighted by Gasteiger charge is 2.40. The van der Waals surface area contributed by atoms with Gasteiger partial charge in [0.05, 0.1) is 61.1 Å². The number of hydrogen-bond donors (Lipinski definition) is 18. The minimum atomic E-state index is -0.981. The van der Waals surface area contributed by atoms with Crippen LogP contribution in [0.25, 0.3) is 0 Å². The monoisotopic (exact) mass is 1020 g/mol. The summed E-state index contributed by atoms with van der Waals surface area (Å²) in [6.07, 6.45) is 8.77. The number of rotatable bonds is 22. The Morgan fingerprint density at radius 2 is 0.694 bits per heavy atom. The highest BCUT2D eigenvalue weighted by molar-refractivity contribution is 5.75. The van der Waals surface area contributed by atoms with Crippen LogP contribution in [-0.4, -0.2) is 167 Å². The first-order valence-electron chi connectivity index (χ1n) is 26.6. The average Bonchev–Trinajstić information content (AvgIpc) is 3.34. The van der Waals surface area contributed by atoms with Crippen molar-refractivity contribution >= 4 is 23.9 Å². The number of aliphatic hydroxyl groups excluding tert-OH is 2. The fourth-order valence-electron chi connectivity index (χ4n) is 12.0. The van der Waals surface area contributed by atoms with Gasteiger partial charge in [0.25, 0.3) is 0 Å². The first-order chi connectivity index (χ1) is 34.6. The molecule has 26 heteroatoms. The molecule has 7 aliphatic rings. The zero-order valence-corrected chi connectivity index (χ0v) is 41.8. The van der Waals surface area contributed by atoms with Crippen molar-refractivity contribution < 1.29 is 49.8 Å². The summed E-state index contributed by atoms with van der Waals surface area (Å²) >= 11 is 0. The van der Waals surface area contributed by atoms with E-state index in [0.29, 0.717) is 38.8 Å². The number of nitrogens with zero attached hydrogens (tertiary/aromatic N) is 4. The summed E-state index contributed by atoms with van der Waals surface area (Å²) in [6, 6.07) is -0.00694. The number of nitrogens with one attached hydrogen (secondary N) is 12. The zero-order chi connectivity index (χ0) is 51.3. The largest absolute Gasteiger partial charge is 0.481 e. The molecule has 0 aromatic rings. The first-order valence-corrected chi connectivity index (χ1v) is 26.6. The third-order valence-electron chi connectivity index (χ3n) is 16.0. The number of aliphatic hydroxyl groups is 2. The normalized spacial score (nSPS) is 41.3. The lowest BCUT2D eigenvalue weighted by Gasteiger charge is -2.45. The Hall–Kier alpha value is -3.48. The van der Waals surface area contributed by atoms with Gasteiger partial charge in [0.1, 0.15) is 37.7 Å². The number of hydrogen-bond acceptors (Lipinski definition) is 22. The van der Waals surface area contributed by atoms with E-state index in [2.05, 4.69) is 98.1 Å². The molecular weight excluding hydrogens is 937 g/mol. The van der Waals surface area contributed by atoms with Gasteiger partial charge in [-0.2, -0.15) is 20.5 Å². The summed E-state index contributed by atoms with van der Waals surface area (Å²) in [4.78, 5) is 46.8. The van der Waals surface area contributed by atoms with Gasteiger partial charge in [0.2, 0.25) is 0 Å². The fourth-order valence-corrected chi connectivity index (χ4v) is 12.0. The van der Waals surface area contributed by atoms with Crippen molar-refractivity contribution in [3.8, 4) is 0 Å². The molecule has 0 aromatic carbocycles. The van der Waals surface area contributed by atoms with Crippen LogP contribution in [0.15, 0.2) is 20.5 Å². The standard InChI is InChI=1S/C46H84N16O10/c1-23-15-31(7-9-35(23)61-59-33-19-25(37(65)66)17-26(20-33)38(67)68)51-45-55-41(47-11-13-63)53-43(57-45)49-29-3-5-30(6-4-29)50-44-54-42(48-12-14-64)56-46(58-44)52-32-8-10-36(24(2)16-32)62-60-34-21-27(39(69)70)18-28(22-34)40(71)72/h23-36,41-58,63-64H,3-22H2,1-2H3,(H,65,66)(H,67,68)(H,69,70)(H,71,72). The smallest absolute Gasteiger partial charge is 0.306 e. The number of azo groups is 2. The van der Waals surface area contributed by atoms with Gasteiger partial charge < -0.3 is 30.6 Å². The van der Waals surface area contributed by atoms with E-state index in [1.54, 1.807) is 0 Å².